The quantitative estimate of drug-likeness (QED) is 0.751. The fourth-order valence-electron chi connectivity index (χ4n) is 2.17. The molecule has 126 valence electrons. The van der Waals surface area contributed by atoms with Gasteiger partial charge in [-0.15, -0.1) is 0 Å². The molecule has 0 aromatic heterocycles. The predicted molar refractivity (Wildman–Crippen MR) is 92.7 cm³/mol. The molecule has 6 heteroatoms. The van der Waals surface area contributed by atoms with E-state index in [0.717, 1.165) is 5.56 Å². The standard InChI is InChI=1S/C18H19ClN2O3/c1-20-18(24)14-4-2-12(3-5-14)11-21-17(23)10-16(22)13-6-8-15(19)9-7-13/h2-9,16,22H,10-11H2,1H3,(H,20,24)(H,21,23). The molecule has 0 saturated carbocycles. The van der Waals surface area contributed by atoms with Gasteiger partial charge in [0.05, 0.1) is 12.5 Å². The third kappa shape index (κ3) is 5.08. The fourth-order valence-corrected chi connectivity index (χ4v) is 2.30. The molecule has 2 rings (SSSR count). The Morgan fingerprint density at radius 1 is 1.08 bits per heavy atom. The first-order valence-electron chi connectivity index (χ1n) is 7.51. The van der Waals surface area contributed by atoms with Crippen LogP contribution in [0.3, 0.4) is 0 Å². The number of hydrogen-bond donors (Lipinski definition) is 3. The van der Waals surface area contributed by atoms with E-state index in [1.807, 2.05) is 0 Å². The maximum Gasteiger partial charge on any atom is 0.251 e. The molecule has 0 aliphatic rings. The summed E-state index contributed by atoms with van der Waals surface area (Å²) in [4.78, 5) is 23.4. The van der Waals surface area contributed by atoms with Gasteiger partial charge in [0.25, 0.3) is 5.91 Å². The van der Waals surface area contributed by atoms with Crippen molar-refractivity contribution >= 4 is 23.4 Å². The molecule has 0 saturated heterocycles. The van der Waals surface area contributed by atoms with Crippen molar-refractivity contribution in [3.8, 4) is 0 Å². The Balaban J connectivity index is 1.84. The molecule has 0 aliphatic carbocycles. The molecule has 2 amide bonds. The zero-order chi connectivity index (χ0) is 17.5. The smallest absolute Gasteiger partial charge is 0.251 e. The van der Waals surface area contributed by atoms with Gasteiger partial charge in [-0.3, -0.25) is 9.59 Å². The molecule has 0 fully saturated rings. The molecule has 0 aliphatic heterocycles. The lowest BCUT2D eigenvalue weighted by molar-refractivity contribution is -0.123. The molecule has 0 spiro atoms. The van der Waals surface area contributed by atoms with Gasteiger partial charge in [0.15, 0.2) is 0 Å². The van der Waals surface area contributed by atoms with Gasteiger partial charge in [-0.25, -0.2) is 0 Å². The van der Waals surface area contributed by atoms with Gasteiger partial charge in [0.2, 0.25) is 5.91 Å². The van der Waals surface area contributed by atoms with Crippen molar-refractivity contribution in [1.82, 2.24) is 10.6 Å². The van der Waals surface area contributed by atoms with E-state index in [1.54, 1.807) is 55.6 Å². The lowest BCUT2D eigenvalue weighted by atomic mass is 10.1. The van der Waals surface area contributed by atoms with Gasteiger partial charge < -0.3 is 15.7 Å². The van der Waals surface area contributed by atoms with Crippen LogP contribution < -0.4 is 10.6 Å². The summed E-state index contributed by atoms with van der Waals surface area (Å²) < 4.78 is 0. The highest BCUT2D eigenvalue weighted by atomic mass is 35.5. The molecule has 1 unspecified atom stereocenters. The van der Waals surface area contributed by atoms with Crippen LogP contribution in [0.15, 0.2) is 48.5 Å². The highest BCUT2D eigenvalue weighted by molar-refractivity contribution is 6.30. The zero-order valence-corrected chi connectivity index (χ0v) is 14.0. The first-order chi connectivity index (χ1) is 11.5. The lowest BCUT2D eigenvalue weighted by Gasteiger charge is -2.11. The Hall–Kier alpha value is -2.37. The normalized spacial score (nSPS) is 11.6. The van der Waals surface area contributed by atoms with Crippen molar-refractivity contribution in [3.05, 3.63) is 70.2 Å². The van der Waals surface area contributed by atoms with E-state index in [9.17, 15) is 14.7 Å². The first kappa shape index (κ1) is 18.0. The summed E-state index contributed by atoms with van der Waals surface area (Å²) in [6.45, 7) is 0.334. The topological polar surface area (TPSA) is 78.4 Å². The minimum Gasteiger partial charge on any atom is -0.388 e. The Morgan fingerprint density at radius 2 is 1.71 bits per heavy atom. The Morgan fingerprint density at radius 3 is 2.29 bits per heavy atom. The molecular weight excluding hydrogens is 328 g/mol. The van der Waals surface area contributed by atoms with Crippen LogP contribution in [0.4, 0.5) is 0 Å². The minimum absolute atomic E-state index is 0.0298. The number of carbonyl (C=O) groups is 2. The summed E-state index contributed by atoms with van der Waals surface area (Å²) in [5.41, 5.74) is 2.08. The fraction of sp³-hybridized carbons (Fsp3) is 0.222. The second kappa shape index (κ2) is 8.47. The van der Waals surface area contributed by atoms with Crippen molar-refractivity contribution in [2.45, 2.75) is 19.1 Å². The third-order valence-electron chi connectivity index (χ3n) is 3.57. The highest BCUT2D eigenvalue weighted by Crippen LogP contribution is 2.19. The Labute approximate surface area is 145 Å². The van der Waals surface area contributed by atoms with E-state index in [1.165, 1.54) is 0 Å². The molecular formula is C18H19ClN2O3. The van der Waals surface area contributed by atoms with E-state index < -0.39 is 6.10 Å². The van der Waals surface area contributed by atoms with Gasteiger partial charge >= 0.3 is 0 Å². The SMILES string of the molecule is CNC(=O)c1ccc(CNC(=O)CC(O)c2ccc(Cl)cc2)cc1. The van der Waals surface area contributed by atoms with Crippen molar-refractivity contribution in [2.24, 2.45) is 0 Å². The van der Waals surface area contributed by atoms with Crippen LogP contribution in [0.25, 0.3) is 0 Å². The Kier molecular flexibility index (Phi) is 6.35. The molecule has 1 atom stereocenters. The number of benzene rings is 2. The molecule has 24 heavy (non-hydrogen) atoms. The van der Waals surface area contributed by atoms with Crippen LogP contribution in [0.5, 0.6) is 0 Å². The van der Waals surface area contributed by atoms with E-state index in [2.05, 4.69) is 10.6 Å². The van der Waals surface area contributed by atoms with Crippen LogP contribution >= 0.6 is 11.6 Å². The number of aliphatic hydroxyl groups is 1. The van der Waals surface area contributed by atoms with Crippen molar-refractivity contribution in [1.29, 1.82) is 0 Å². The van der Waals surface area contributed by atoms with E-state index in [-0.39, 0.29) is 18.2 Å². The predicted octanol–water partition coefficient (Wildman–Crippen LogP) is 2.44. The first-order valence-corrected chi connectivity index (χ1v) is 7.88. The van der Waals surface area contributed by atoms with Gasteiger partial charge in [0, 0.05) is 24.2 Å². The summed E-state index contributed by atoms with van der Waals surface area (Å²) in [6, 6.07) is 13.7. The monoisotopic (exact) mass is 346 g/mol. The van der Waals surface area contributed by atoms with Gasteiger partial charge in [0.1, 0.15) is 0 Å². The summed E-state index contributed by atoms with van der Waals surface area (Å²) in [7, 11) is 1.57. The number of amides is 2. The van der Waals surface area contributed by atoms with Crippen molar-refractivity contribution in [2.75, 3.05) is 7.05 Å². The number of hydrogen-bond acceptors (Lipinski definition) is 3. The zero-order valence-electron chi connectivity index (χ0n) is 13.3. The van der Waals surface area contributed by atoms with Gasteiger partial charge in [-0.2, -0.15) is 0 Å². The number of rotatable bonds is 6. The summed E-state index contributed by atoms with van der Waals surface area (Å²) in [5.74, 6) is -0.412. The number of halogens is 1. The Bertz CT molecular complexity index is 699. The number of aliphatic hydroxyl groups excluding tert-OH is 1. The summed E-state index contributed by atoms with van der Waals surface area (Å²) in [6.07, 6.45) is -0.907. The molecule has 0 heterocycles. The molecule has 0 radical (unpaired) electrons. The summed E-state index contributed by atoms with van der Waals surface area (Å²) in [5, 5.41) is 15.9. The van der Waals surface area contributed by atoms with E-state index in [4.69, 9.17) is 11.6 Å². The largest absolute Gasteiger partial charge is 0.388 e. The second-order valence-corrected chi connectivity index (χ2v) is 5.76. The van der Waals surface area contributed by atoms with E-state index in [0.29, 0.717) is 22.7 Å². The average Bonchev–Trinajstić information content (AvgIpc) is 2.60. The molecule has 3 N–H and O–H groups in total. The van der Waals surface area contributed by atoms with Gasteiger partial charge in [-0.05, 0) is 35.4 Å². The third-order valence-corrected chi connectivity index (χ3v) is 3.82. The van der Waals surface area contributed by atoms with Crippen LogP contribution in [-0.2, 0) is 11.3 Å². The summed E-state index contributed by atoms with van der Waals surface area (Å²) >= 11 is 5.79. The number of nitrogens with one attached hydrogen (secondary N) is 2. The van der Waals surface area contributed by atoms with Crippen molar-refractivity contribution < 1.29 is 14.7 Å². The molecule has 0 bridgehead atoms. The highest BCUT2D eigenvalue weighted by Gasteiger charge is 2.13. The maximum absolute atomic E-state index is 11.9. The lowest BCUT2D eigenvalue weighted by Crippen LogP contribution is -2.24. The average molecular weight is 347 g/mol. The minimum atomic E-state index is -0.877. The van der Waals surface area contributed by atoms with Crippen molar-refractivity contribution in [3.63, 3.8) is 0 Å². The number of carbonyl (C=O) groups excluding carboxylic acids is 2. The van der Waals surface area contributed by atoms with E-state index >= 15 is 0 Å². The second-order valence-electron chi connectivity index (χ2n) is 5.32. The molecule has 5 nitrogen and oxygen atoms in total. The van der Waals surface area contributed by atoms with Crippen LogP contribution in [0, 0.1) is 0 Å². The van der Waals surface area contributed by atoms with Crippen LogP contribution in [0.2, 0.25) is 5.02 Å². The van der Waals surface area contributed by atoms with Gasteiger partial charge in [-0.1, -0.05) is 35.9 Å². The molecule has 2 aromatic carbocycles. The maximum atomic E-state index is 11.9. The molecule has 2 aromatic rings. The van der Waals surface area contributed by atoms with Crippen LogP contribution in [-0.4, -0.2) is 24.0 Å². The van der Waals surface area contributed by atoms with Crippen LogP contribution in [0.1, 0.15) is 34.0 Å².